The zero-order chi connectivity index (χ0) is 24.2. The summed E-state index contributed by atoms with van der Waals surface area (Å²) >= 11 is 3.18. The largest absolute Gasteiger partial charge is 0.461 e. The molecule has 0 aromatic rings. The molecule has 0 saturated heterocycles. The molecule has 4 heteroatoms. The molecule has 0 aromatic heterocycles. The van der Waals surface area contributed by atoms with Gasteiger partial charge in [0.1, 0.15) is 17.0 Å². The van der Waals surface area contributed by atoms with Crippen LogP contribution >= 0.6 is 15.9 Å². The van der Waals surface area contributed by atoms with E-state index in [1.54, 1.807) is 19.4 Å². The normalized spacial score (nSPS) is 33.4. The molecule has 3 aliphatic carbocycles. The number of allylic oxidation sites excluding steroid dienone is 4. The topological polar surface area (TPSA) is 46.5 Å². The molecule has 1 unspecified atom stereocenters. The van der Waals surface area contributed by atoms with E-state index in [2.05, 4.69) is 60.3 Å². The van der Waals surface area contributed by atoms with Crippen molar-refractivity contribution < 1.29 is 14.6 Å². The van der Waals surface area contributed by atoms with Crippen molar-refractivity contribution >= 4 is 21.9 Å². The molecule has 0 amide bonds. The van der Waals surface area contributed by atoms with E-state index in [1.807, 2.05) is 0 Å². The van der Waals surface area contributed by atoms with Crippen molar-refractivity contribution in [3.8, 4) is 11.8 Å². The van der Waals surface area contributed by atoms with Crippen molar-refractivity contribution in [3.05, 3.63) is 35.5 Å². The van der Waals surface area contributed by atoms with E-state index in [1.165, 1.54) is 43.3 Å². The summed E-state index contributed by atoms with van der Waals surface area (Å²) in [5.74, 6) is 7.90. The summed E-state index contributed by atoms with van der Waals surface area (Å²) in [6, 6.07) is 0. The quantitative estimate of drug-likeness (QED) is 0.245. The van der Waals surface area contributed by atoms with Gasteiger partial charge in [0.2, 0.25) is 0 Å². The Morgan fingerprint density at radius 1 is 1.33 bits per heavy atom. The van der Waals surface area contributed by atoms with Gasteiger partial charge in [0.25, 0.3) is 0 Å². The molecule has 1 N–H and O–H groups in total. The average molecular weight is 518 g/mol. The van der Waals surface area contributed by atoms with Crippen molar-refractivity contribution in [2.24, 2.45) is 23.2 Å². The van der Waals surface area contributed by atoms with Gasteiger partial charge in [-0.15, -0.1) is 5.92 Å². The predicted octanol–water partition coefficient (Wildman–Crippen LogP) is 6.90. The summed E-state index contributed by atoms with van der Waals surface area (Å²) in [6.07, 6.45) is 14.2. The minimum atomic E-state index is -0.912. The van der Waals surface area contributed by atoms with Crippen LogP contribution in [0.5, 0.6) is 0 Å². The van der Waals surface area contributed by atoms with Crippen LogP contribution in [0.3, 0.4) is 0 Å². The maximum atomic E-state index is 11.7. The average Bonchev–Trinajstić information content (AvgIpc) is 3.10. The zero-order valence-electron chi connectivity index (χ0n) is 20.9. The molecule has 0 heterocycles. The third-order valence-electron chi connectivity index (χ3n) is 8.12. The van der Waals surface area contributed by atoms with Crippen LogP contribution < -0.4 is 0 Å². The minimum Gasteiger partial charge on any atom is -0.461 e. The van der Waals surface area contributed by atoms with Crippen LogP contribution in [0.15, 0.2) is 35.5 Å². The number of aliphatic hydroxyl groups is 1. The van der Waals surface area contributed by atoms with Gasteiger partial charge in [-0.2, -0.15) is 0 Å². The van der Waals surface area contributed by atoms with E-state index in [4.69, 9.17) is 4.74 Å². The molecular formula is C29H41BrO3. The lowest BCUT2D eigenvalue weighted by Crippen LogP contribution is -2.35. The third kappa shape index (κ3) is 6.64. The Morgan fingerprint density at radius 2 is 2.09 bits per heavy atom. The maximum Gasteiger partial charge on any atom is 0.316 e. The van der Waals surface area contributed by atoms with Gasteiger partial charge in [-0.05, 0) is 87.5 Å². The molecule has 0 radical (unpaired) electrons. The molecule has 5 atom stereocenters. The lowest BCUT2D eigenvalue weighted by Gasteiger charge is -2.44. The van der Waals surface area contributed by atoms with Gasteiger partial charge in [0.05, 0.1) is 0 Å². The summed E-state index contributed by atoms with van der Waals surface area (Å²) in [7, 11) is 0. The van der Waals surface area contributed by atoms with Crippen molar-refractivity contribution in [1.82, 2.24) is 0 Å². The number of rotatable bonds is 5. The first-order valence-corrected chi connectivity index (χ1v) is 13.7. The van der Waals surface area contributed by atoms with Crippen molar-refractivity contribution in [2.45, 2.75) is 97.2 Å². The third-order valence-corrected chi connectivity index (χ3v) is 8.58. The van der Waals surface area contributed by atoms with E-state index in [9.17, 15) is 9.90 Å². The summed E-state index contributed by atoms with van der Waals surface area (Å²) in [5, 5.41) is 10.2. The Labute approximate surface area is 209 Å². The highest BCUT2D eigenvalue weighted by atomic mass is 79.9. The van der Waals surface area contributed by atoms with Crippen LogP contribution in [0.2, 0.25) is 0 Å². The van der Waals surface area contributed by atoms with Gasteiger partial charge >= 0.3 is 5.97 Å². The second kappa shape index (κ2) is 11.0. The van der Waals surface area contributed by atoms with E-state index < -0.39 is 5.60 Å². The highest BCUT2D eigenvalue weighted by Gasteiger charge is 2.50. The Morgan fingerprint density at radius 3 is 2.79 bits per heavy atom. The standard InChI is InChI=1S/C29H41BrO3/c1-20-10-13-24(33-27(31)19-30)18-23(20)12-11-22-9-7-17-29(5)25(14-15-26(22)29)21(2)8-6-16-28(3,4)32/h11-12,21,24-26,32H,1,7-10,13-15,17-19H2,2-5H3/t21-,24+,25-,26?,29-/m1/s1. The molecular weight excluding hydrogens is 476 g/mol. The molecule has 3 nitrogen and oxygen atoms in total. The van der Waals surface area contributed by atoms with E-state index in [-0.39, 0.29) is 17.4 Å². The van der Waals surface area contributed by atoms with Crippen molar-refractivity contribution in [1.29, 1.82) is 0 Å². The van der Waals surface area contributed by atoms with E-state index in [0.717, 1.165) is 25.7 Å². The number of halogens is 1. The summed E-state index contributed by atoms with van der Waals surface area (Å²) in [5.41, 5.74) is 3.42. The van der Waals surface area contributed by atoms with E-state index in [0.29, 0.717) is 23.2 Å². The Hall–Kier alpha value is -1.31. The second-order valence-electron chi connectivity index (χ2n) is 11.2. The van der Waals surface area contributed by atoms with Crippen LogP contribution in [-0.2, 0) is 9.53 Å². The first-order chi connectivity index (χ1) is 15.5. The fourth-order valence-corrected chi connectivity index (χ4v) is 6.62. The van der Waals surface area contributed by atoms with Gasteiger partial charge in [0, 0.05) is 12.8 Å². The van der Waals surface area contributed by atoms with Crippen LogP contribution in [0.25, 0.3) is 0 Å². The number of ether oxygens (including phenoxy) is 1. The smallest absolute Gasteiger partial charge is 0.316 e. The number of fused-ring (bicyclic) bond motifs is 1. The van der Waals surface area contributed by atoms with Crippen LogP contribution in [0.1, 0.15) is 85.5 Å². The van der Waals surface area contributed by atoms with Gasteiger partial charge < -0.3 is 9.84 Å². The Bertz CT molecular complexity index is 866. The molecule has 3 rings (SSSR count). The van der Waals surface area contributed by atoms with Gasteiger partial charge in [-0.1, -0.05) is 65.6 Å². The summed E-state index contributed by atoms with van der Waals surface area (Å²) < 4.78 is 5.57. The molecule has 0 aromatic carbocycles. The maximum absolute atomic E-state index is 11.7. The summed E-state index contributed by atoms with van der Waals surface area (Å²) in [4.78, 5) is 11.7. The molecule has 3 saturated carbocycles. The molecule has 182 valence electrons. The lowest BCUT2D eigenvalue weighted by atomic mass is 9.61. The van der Waals surface area contributed by atoms with Crippen molar-refractivity contribution in [2.75, 3.05) is 5.33 Å². The van der Waals surface area contributed by atoms with Gasteiger partial charge in [-0.3, -0.25) is 4.79 Å². The number of alkyl halides is 1. The number of esters is 1. The molecule has 3 fully saturated rings. The summed E-state index contributed by atoms with van der Waals surface area (Å²) in [6.45, 7) is 12.6. The second-order valence-corrected chi connectivity index (χ2v) is 11.7. The molecule has 0 spiro atoms. The SMILES string of the molecule is C=C1CC[C@H](OC(=O)CBr)CC1=CC=C1CCC[C@@]2(C)C1CC[C@@H]2[C@H](C)CC#CC(C)(C)O. The number of carbonyl (C=O) groups excluding carboxylic acids is 1. The van der Waals surface area contributed by atoms with Crippen LogP contribution in [0.4, 0.5) is 0 Å². The van der Waals surface area contributed by atoms with Crippen LogP contribution in [0, 0.1) is 35.0 Å². The fraction of sp³-hybridized carbons (Fsp3) is 0.690. The zero-order valence-corrected chi connectivity index (χ0v) is 22.5. The number of hydrogen-bond donors (Lipinski definition) is 1. The molecule has 0 bridgehead atoms. The Balaban J connectivity index is 1.72. The highest BCUT2D eigenvalue weighted by Crippen LogP contribution is 2.59. The highest BCUT2D eigenvalue weighted by molar-refractivity contribution is 9.09. The van der Waals surface area contributed by atoms with E-state index >= 15 is 0 Å². The minimum absolute atomic E-state index is 0.0384. The number of carbonyl (C=O) groups is 1. The van der Waals surface area contributed by atoms with Gasteiger partial charge in [-0.25, -0.2) is 0 Å². The van der Waals surface area contributed by atoms with Gasteiger partial charge in [0.15, 0.2) is 0 Å². The van der Waals surface area contributed by atoms with Crippen LogP contribution in [-0.4, -0.2) is 28.1 Å². The Kier molecular flexibility index (Phi) is 8.73. The number of hydrogen-bond acceptors (Lipinski definition) is 3. The first-order valence-electron chi connectivity index (χ1n) is 12.6. The predicted molar refractivity (Wildman–Crippen MR) is 139 cm³/mol. The monoisotopic (exact) mass is 516 g/mol. The first kappa shape index (κ1) is 26.3. The molecule has 33 heavy (non-hydrogen) atoms. The fourth-order valence-electron chi connectivity index (χ4n) is 6.48. The molecule has 0 aliphatic heterocycles. The lowest BCUT2D eigenvalue weighted by molar-refractivity contribution is -0.146. The van der Waals surface area contributed by atoms with Crippen molar-refractivity contribution in [3.63, 3.8) is 0 Å². The molecule has 3 aliphatic rings.